The first-order chi connectivity index (χ1) is 13.7. The third kappa shape index (κ3) is 4.73. The summed E-state index contributed by atoms with van der Waals surface area (Å²) in [6.07, 6.45) is 9.87. The van der Waals surface area contributed by atoms with Crippen LogP contribution in [-0.2, 0) is 4.79 Å². The van der Waals surface area contributed by atoms with Gasteiger partial charge in [0.25, 0.3) is 0 Å². The number of hydrogen-bond donors (Lipinski definition) is 1. The molecule has 2 aromatic rings. The van der Waals surface area contributed by atoms with Crippen LogP contribution >= 0.6 is 23.4 Å². The summed E-state index contributed by atoms with van der Waals surface area (Å²) >= 11 is 7.94. The molecular weight excluding hydrogens is 388 g/mol. The summed E-state index contributed by atoms with van der Waals surface area (Å²) in [6.45, 7) is 3.53. The number of hydrogen-bond acceptors (Lipinski definition) is 3. The lowest BCUT2D eigenvalue weighted by Gasteiger charge is -2.27. The summed E-state index contributed by atoms with van der Waals surface area (Å²) in [7, 11) is 0. The SMILES string of the molecule is O=C1/C(=C\c2ccc[nH]2)SC(c2cccc(Cl)c2)C1CCCN1CCCCC1. The van der Waals surface area contributed by atoms with Crippen LogP contribution in [-0.4, -0.2) is 35.3 Å². The van der Waals surface area contributed by atoms with Crippen LogP contribution in [0.5, 0.6) is 0 Å². The lowest BCUT2D eigenvalue weighted by Crippen LogP contribution is -2.31. The molecule has 28 heavy (non-hydrogen) atoms. The molecule has 2 aliphatic heterocycles. The number of allylic oxidation sites excluding steroid dienone is 1. The first kappa shape index (κ1) is 19.8. The summed E-state index contributed by atoms with van der Waals surface area (Å²) in [5.41, 5.74) is 2.14. The standard InChI is InChI=1S/C23H27ClN2OS/c24-18-8-4-7-17(15-18)23-20(10-6-14-26-12-2-1-3-13-26)22(27)21(28-23)16-19-9-5-11-25-19/h4-5,7-9,11,15-16,20,23,25H,1-3,6,10,12-14H2/b21-16+. The number of piperidine rings is 1. The number of ketones is 1. The van der Waals surface area contributed by atoms with Crippen molar-refractivity contribution in [1.29, 1.82) is 0 Å². The Labute approximate surface area is 176 Å². The van der Waals surface area contributed by atoms with Gasteiger partial charge in [0.15, 0.2) is 5.78 Å². The molecule has 3 heterocycles. The molecule has 0 aliphatic carbocycles. The smallest absolute Gasteiger partial charge is 0.173 e. The Morgan fingerprint density at radius 2 is 2.04 bits per heavy atom. The minimum absolute atomic E-state index is 0.0227. The number of nitrogens with zero attached hydrogens (tertiary/aromatic N) is 1. The molecule has 2 aliphatic rings. The number of thioether (sulfide) groups is 1. The number of likely N-dealkylation sites (tertiary alicyclic amines) is 1. The molecule has 0 saturated carbocycles. The van der Waals surface area contributed by atoms with Crippen LogP contribution in [0.3, 0.4) is 0 Å². The number of H-pyrrole nitrogens is 1. The summed E-state index contributed by atoms with van der Waals surface area (Å²) in [6, 6.07) is 12.0. The molecule has 1 aromatic carbocycles. The van der Waals surface area contributed by atoms with Crippen molar-refractivity contribution in [3.05, 3.63) is 63.8 Å². The van der Waals surface area contributed by atoms with Gasteiger partial charge in [-0.1, -0.05) is 30.2 Å². The normalized spacial score (nSPS) is 24.9. The summed E-state index contributed by atoms with van der Waals surface area (Å²) in [5, 5.41) is 0.883. The second kappa shape index (κ2) is 9.34. The zero-order valence-electron chi connectivity index (χ0n) is 16.1. The van der Waals surface area contributed by atoms with E-state index in [1.165, 1.54) is 32.4 Å². The van der Waals surface area contributed by atoms with Crippen molar-refractivity contribution >= 4 is 35.2 Å². The van der Waals surface area contributed by atoms with Crippen molar-refractivity contribution in [2.75, 3.05) is 19.6 Å². The van der Waals surface area contributed by atoms with Crippen LogP contribution in [0, 0.1) is 5.92 Å². The van der Waals surface area contributed by atoms with Crippen molar-refractivity contribution in [3.63, 3.8) is 0 Å². The molecule has 0 spiro atoms. The Hall–Kier alpha value is -1.49. The predicted molar refractivity (Wildman–Crippen MR) is 119 cm³/mol. The average molecular weight is 415 g/mol. The van der Waals surface area contributed by atoms with E-state index in [2.05, 4.69) is 16.0 Å². The highest BCUT2D eigenvalue weighted by Gasteiger charge is 2.39. The lowest BCUT2D eigenvalue weighted by atomic mass is 9.90. The van der Waals surface area contributed by atoms with Gasteiger partial charge in [-0.25, -0.2) is 0 Å². The number of rotatable bonds is 6. The quantitative estimate of drug-likeness (QED) is 0.593. The predicted octanol–water partition coefficient (Wildman–Crippen LogP) is 5.95. The fourth-order valence-corrected chi connectivity index (χ4v) is 5.90. The fourth-order valence-electron chi connectivity index (χ4n) is 4.26. The van der Waals surface area contributed by atoms with Crippen molar-refractivity contribution in [3.8, 4) is 0 Å². The van der Waals surface area contributed by atoms with Gasteiger partial charge in [0.1, 0.15) is 0 Å². The number of carbonyl (C=O) groups excluding carboxylic acids is 1. The first-order valence-corrected chi connectivity index (χ1v) is 11.5. The number of carbonyl (C=O) groups is 1. The van der Waals surface area contributed by atoms with E-state index in [4.69, 9.17) is 11.6 Å². The minimum atomic E-state index is 0.0227. The third-order valence-corrected chi connectivity index (χ3v) is 7.39. The highest BCUT2D eigenvalue weighted by atomic mass is 35.5. The second-order valence-corrected chi connectivity index (χ2v) is 9.36. The van der Waals surface area contributed by atoms with E-state index < -0.39 is 0 Å². The molecule has 2 saturated heterocycles. The molecule has 5 heteroatoms. The van der Waals surface area contributed by atoms with Gasteiger partial charge >= 0.3 is 0 Å². The van der Waals surface area contributed by atoms with Crippen LogP contribution in [0.2, 0.25) is 5.02 Å². The van der Waals surface area contributed by atoms with E-state index >= 15 is 0 Å². The molecule has 2 atom stereocenters. The number of nitrogens with one attached hydrogen (secondary N) is 1. The molecular formula is C23H27ClN2OS. The van der Waals surface area contributed by atoms with Crippen molar-refractivity contribution in [2.24, 2.45) is 5.92 Å². The van der Waals surface area contributed by atoms with E-state index in [1.807, 2.05) is 42.6 Å². The lowest BCUT2D eigenvalue weighted by molar-refractivity contribution is -0.118. The number of Topliss-reactive ketones (excluding diaryl/α,β-unsaturated/α-hetero) is 1. The van der Waals surface area contributed by atoms with Crippen molar-refractivity contribution in [2.45, 2.75) is 37.4 Å². The Kier molecular flexibility index (Phi) is 6.61. The van der Waals surface area contributed by atoms with Crippen molar-refractivity contribution in [1.82, 2.24) is 9.88 Å². The highest BCUT2D eigenvalue weighted by molar-refractivity contribution is 8.05. The van der Waals surface area contributed by atoms with E-state index in [0.29, 0.717) is 0 Å². The van der Waals surface area contributed by atoms with Gasteiger partial charge in [-0.3, -0.25) is 4.79 Å². The summed E-state index contributed by atoms with van der Waals surface area (Å²) < 4.78 is 0. The van der Waals surface area contributed by atoms with Crippen LogP contribution in [0.4, 0.5) is 0 Å². The molecule has 2 fully saturated rings. The number of aromatic nitrogens is 1. The largest absolute Gasteiger partial charge is 0.362 e. The van der Waals surface area contributed by atoms with Crippen LogP contribution in [0.25, 0.3) is 6.08 Å². The maximum Gasteiger partial charge on any atom is 0.173 e. The Bertz CT molecular complexity index is 827. The van der Waals surface area contributed by atoms with Crippen LogP contribution < -0.4 is 0 Å². The molecule has 1 N–H and O–H groups in total. The van der Waals surface area contributed by atoms with Gasteiger partial charge in [0.2, 0.25) is 0 Å². The topological polar surface area (TPSA) is 36.1 Å². The summed E-state index contributed by atoms with van der Waals surface area (Å²) in [5.74, 6) is 0.303. The van der Waals surface area contributed by atoms with Crippen LogP contribution in [0.1, 0.15) is 48.6 Å². The van der Waals surface area contributed by atoms with Crippen LogP contribution in [0.15, 0.2) is 47.5 Å². The Morgan fingerprint density at radius 3 is 2.79 bits per heavy atom. The van der Waals surface area contributed by atoms with Gasteiger partial charge in [-0.05, 0) is 81.2 Å². The number of halogens is 1. The molecule has 2 unspecified atom stereocenters. The maximum atomic E-state index is 13.2. The van der Waals surface area contributed by atoms with E-state index in [1.54, 1.807) is 11.8 Å². The summed E-state index contributed by atoms with van der Waals surface area (Å²) in [4.78, 5) is 19.8. The van der Waals surface area contributed by atoms with Gasteiger partial charge in [0, 0.05) is 28.1 Å². The molecule has 0 bridgehead atoms. The molecule has 0 radical (unpaired) electrons. The maximum absolute atomic E-state index is 13.2. The Balaban J connectivity index is 1.50. The molecule has 3 nitrogen and oxygen atoms in total. The number of benzene rings is 1. The average Bonchev–Trinajstić information content (AvgIpc) is 3.32. The monoisotopic (exact) mass is 414 g/mol. The van der Waals surface area contributed by atoms with E-state index in [0.717, 1.165) is 40.6 Å². The zero-order valence-corrected chi connectivity index (χ0v) is 17.6. The first-order valence-electron chi connectivity index (χ1n) is 10.2. The van der Waals surface area contributed by atoms with Crippen molar-refractivity contribution < 1.29 is 4.79 Å². The molecule has 4 rings (SSSR count). The molecule has 0 amide bonds. The molecule has 148 valence electrons. The van der Waals surface area contributed by atoms with E-state index in [-0.39, 0.29) is 17.0 Å². The second-order valence-electron chi connectivity index (χ2n) is 7.74. The fraction of sp³-hybridized carbons (Fsp3) is 0.435. The third-order valence-electron chi connectivity index (χ3n) is 5.72. The zero-order chi connectivity index (χ0) is 19.3. The van der Waals surface area contributed by atoms with Gasteiger partial charge in [0.05, 0.1) is 4.91 Å². The molecule has 1 aromatic heterocycles. The van der Waals surface area contributed by atoms with Gasteiger partial charge in [-0.15, -0.1) is 11.8 Å². The Morgan fingerprint density at radius 1 is 1.18 bits per heavy atom. The van der Waals surface area contributed by atoms with Gasteiger partial charge < -0.3 is 9.88 Å². The van der Waals surface area contributed by atoms with E-state index in [9.17, 15) is 4.79 Å². The highest BCUT2D eigenvalue weighted by Crippen LogP contribution is 2.51. The van der Waals surface area contributed by atoms with Gasteiger partial charge in [-0.2, -0.15) is 0 Å². The minimum Gasteiger partial charge on any atom is -0.362 e. The number of aromatic amines is 1.